The van der Waals surface area contributed by atoms with E-state index in [2.05, 4.69) is 45.0 Å². The van der Waals surface area contributed by atoms with Gasteiger partial charge >= 0.3 is 0 Å². The van der Waals surface area contributed by atoms with Crippen LogP contribution in [0, 0.1) is 6.92 Å². The minimum atomic E-state index is 0.00310. The van der Waals surface area contributed by atoms with Crippen LogP contribution in [0.3, 0.4) is 0 Å². The molecule has 0 bridgehead atoms. The lowest BCUT2D eigenvalue weighted by molar-refractivity contribution is 0.101. The Labute approximate surface area is 203 Å². The minimum Gasteiger partial charge on any atom is -0.486 e. The number of imidazole rings is 1. The Bertz CT molecular complexity index is 1430. The molecule has 35 heavy (non-hydrogen) atoms. The number of aromatic amines is 2. The lowest BCUT2D eigenvalue weighted by Gasteiger charge is -2.34. The molecule has 0 aliphatic carbocycles. The molecule has 0 spiro atoms. The van der Waals surface area contributed by atoms with Crippen molar-refractivity contribution in [1.82, 2.24) is 19.9 Å². The first-order valence-corrected chi connectivity index (χ1v) is 12.0. The fourth-order valence-corrected chi connectivity index (χ4v) is 5.11. The van der Waals surface area contributed by atoms with Crippen molar-refractivity contribution < 1.29 is 14.3 Å². The highest BCUT2D eigenvalue weighted by atomic mass is 16.6. The zero-order valence-electron chi connectivity index (χ0n) is 20.3. The van der Waals surface area contributed by atoms with Crippen LogP contribution in [-0.2, 0) is 0 Å². The molecule has 2 aliphatic rings. The normalized spacial score (nSPS) is 16.1. The van der Waals surface area contributed by atoms with Crippen molar-refractivity contribution in [2.45, 2.75) is 13.8 Å². The highest BCUT2D eigenvalue weighted by molar-refractivity contribution is 6.06. The van der Waals surface area contributed by atoms with Crippen LogP contribution in [0.4, 0.5) is 5.69 Å². The van der Waals surface area contributed by atoms with Crippen LogP contribution in [-0.4, -0.2) is 72.1 Å². The second-order valence-corrected chi connectivity index (χ2v) is 9.37. The van der Waals surface area contributed by atoms with Gasteiger partial charge in [-0.05, 0) is 56.8 Å². The summed E-state index contributed by atoms with van der Waals surface area (Å²) in [5, 5.41) is 0. The van der Waals surface area contributed by atoms with Gasteiger partial charge in [-0.3, -0.25) is 4.79 Å². The summed E-state index contributed by atoms with van der Waals surface area (Å²) in [7, 11) is 2.16. The van der Waals surface area contributed by atoms with Crippen LogP contribution in [0.1, 0.15) is 23.0 Å². The van der Waals surface area contributed by atoms with Crippen LogP contribution in [0.25, 0.3) is 33.7 Å². The number of carbonyl (C=O) groups excluding carboxylic acids is 1. The fourth-order valence-electron chi connectivity index (χ4n) is 5.11. The molecule has 0 amide bonds. The molecule has 2 aromatic carbocycles. The average Bonchev–Trinajstić information content (AvgIpc) is 3.44. The third-order valence-electron chi connectivity index (χ3n) is 6.94. The Hall–Kier alpha value is -3.78. The number of piperazine rings is 1. The van der Waals surface area contributed by atoms with Crippen molar-refractivity contribution in [2.24, 2.45) is 0 Å². The summed E-state index contributed by atoms with van der Waals surface area (Å²) in [5.41, 5.74) is 7.04. The van der Waals surface area contributed by atoms with Gasteiger partial charge in [-0.1, -0.05) is 6.07 Å². The number of benzene rings is 2. The maximum atomic E-state index is 12.7. The monoisotopic (exact) mass is 471 g/mol. The zero-order chi connectivity index (χ0) is 24.1. The number of H-pyrrole nitrogens is 2. The molecule has 2 N–H and O–H groups in total. The number of hydrogen-bond donors (Lipinski definition) is 2. The predicted octanol–water partition coefficient (Wildman–Crippen LogP) is 4.26. The Morgan fingerprint density at radius 1 is 0.971 bits per heavy atom. The maximum absolute atomic E-state index is 12.7. The summed E-state index contributed by atoms with van der Waals surface area (Å²) in [4.78, 5) is 29.3. The molecule has 8 nitrogen and oxygen atoms in total. The lowest BCUT2D eigenvalue weighted by atomic mass is 9.97. The molecule has 2 aliphatic heterocycles. The van der Waals surface area contributed by atoms with E-state index in [1.807, 2.05) is 25.1 Å². The standard InChI is InChI=1S/C27H29N5O3/c1-16-24(17(2)33)25(18-4-7-22-23(14-18)35-13-12-34-22)26(28-16)27-29-20-6-5-19(15-21(20)30-27)32-10-8-31(3)9-11-32/h4-7,14-15,28H,8-13H2,1-3H3,(H,29,30). The van der Waals surface area contributed by atoms with Crippen LogP contribution in [0.15, 0.2) is 36.4 Å². The lowest BCUT2D eigenvalue weighted by Crippen LogP contribution is -2.44. The van der Waals surface area contributed by atoms with Gasteiger partial charge in [0, 0.05) is 48.7 Å². The molecule has 0 saturated carbocycles. The first kappa shape index (κ1) is 21.7. The Morgan fingerprint density at radius 3 is 2.51 bits per heavy atom. The molecule has 2 aromatic heterocycles. The smallest absolute Gasteiger partial charge is 0.162 e. The quantitative estimate of drug-likeness (QED) is 0.433. The number of nitrogens with one attached hydrogen (secondary N) is 2. The Balaban J connectivity index is 1.44. The number of nitrogens with zero attached hydrogens (tertiary/aromatic N) is 3. The highest BCUT2D eigenvalue weighted by Crippen LogP contribution is 2.41. The summed E-state index contributed by atoms with van der Waals surface area (Å²) in [6.07, 6.45) is 0. The first-order chi connectivity index (χ1) is 17.0. The molecule has 180 valence electrons. The van der Waals surface area contributed by atoms with Crippen LogP contribution in [0.5, 0.6) is 11.5 Å². The van der Waals surface area contributed by atoms with E-state index in [1.165, 1.54) is 5.69 Å². The summed E-state index contributed by atoms with van der Waals surface area (Å²) >= 11 is 0. The van der Waals surface area contributed by atoms with E-state index in [4.69, 9.17) is 14.5 Å². The van der Waals surface area contributed by atoms with E-state index >= 15 is 0 Å². The maximum Gasteiger partial charge on any atom is 0.162 e. The second-order valence-electron chi connectivity index (χ2n) is 9.37. The van der Waals surface area contributed by atoms with Crippen LogP contribution >= 0.6 is 0 Å². The Morgan fingerprint density at radius 2 is 1.74 bits per heavy atom. The molecule has 4 heterocycles. The summed E-state index contributed by atoms with van der Waals surface area (Å²) in [5.74, 6) is 2.12. The number of fused-ring (bicyclic) bond motifs is 2. The van der Waals surface area contributed by atoms with E-state index in [-0.39, 0.29) is 5.78 Å². The molecule has 0 atom stereocenters. The van der Waals surface area contributed by atoms with Gasteiger partial charge in [0.15, 0.2) is 23.1 Å². The van der Waals surface area contributed by atoms with Gasteiger partial charge in [-0.25, -0.2) is 4.98 Å². The molecule has 1 fully saturated rings. The SMILES string of the molecule is CC(=O)c1c(C)[nH]c(-c2nc3ccc(N4CCN(C)CC4)cc3[nH]2)c1-c1ccc2c(c1)OCCO2. The van der Waals surface area contributed by atoms with E-state index in [0.29, 0.717) is 30.4 Å². The molecule has 6 rings (SSSR count). The number of hydrogen-bond acceptors (Lipinski definition) is 6. The topological polar surface area (TPSA) is 86.5 Å². The van der Waals surface area contributed by atoms with Gasteiger partial charge < -0.3 is 29.2 Å². The minimum absolute atomic E-state index is 0.00310. The van der Waals surface area contributed by atoms with E-state index < -0.39 is 0 Å². The molecular formula is C27H29N5O3. The molecule has 8 heteroatoms. The predicted molar refractivity (Wildman–Crippen MR) is 137 cm³/mol. The first-order valence-electron chi connectivity index (χ1n) is 12.0. The third kappa shape index (κ3) is 3.83. The van der Waals surface area contributed by atoms with Crippen molar-refractivity contribution in [2.75, 3.05) is 51.3 Å². The van der Waals surface area contributed by atoms with Gasteiger partial charge in [0.25, 0.3) is 0 Å². The van der Waals surface area contributed by atoms with Crippen LogP contribution < -0.4 is 14.4 Å². The summed E-state index contributed by atoms with van der Waals surface area (Å²) in [6.45, 7) is 8.70. The number of rotatable bonds is 4. The zero-order valence-corrected chi connectivity index (χ0v) is 20.3. The third-order valence-corrected chi connectivity index (χ3v) is 6.94. The Kier molecular flexibility index (Phi) is 5.25. The number of anilines is 1. The summed E-state index contributed by atoms with van der Waals surface area (Å²) < 4.78 is 11.5. The number of aryl methyl sites for hydroxylation is 1. The van der Waals surface area contributed by atoms with Gasteiger partial charge in [-0.15, -0.1) is 0 Å². The molecule has 4 aromatic rings. The highest BCUT2D eigenvalue weighted by Gasteiger charge is 2.25. The number of ether oxygens (including phenoxy) is 2. The van der Waals surface area contributed by atoms with E-state index in [9.17, 15) is 4.79 Å². The van der Waals surface area contributed by atoms with Gasteiger partial charge in [0.05, 0.1) is 16.7 Å². The van der Waals surface area contributed by atoms with Crippen molar-refractivity contribution in [3.8, 4) is 34.1 Å². The molecule has 1 saturated heterocycles. The molecule has 0 radical (unpaired) electrons. The van der Waals surface area contributed by atoms with Crippen molar-refractivity contribution >= 4 is 22.5 Å². The number of likely N-dealkylation sites (N-methyl/N-ethyl adjacent to an activating group) is 1. The largest absolute Gasteiger partial charge is 0.486 e. The van der Waals surface area contributed by atoms with E-state index in [1.54, 1.807) is 6.92 Å². The van der Waals surface area contributed by atoms with Gasteiger partial charge in [-0.2, -0.15) is 0 Å². The van der Waals surface area contributed by atoms with Crippen molar-refractivity contribution in [3.63, 3.8) is 0 Å². The average molecular weight is 472 g/mol. The van der Waals surface area contributed by atoms with Gasteiger partial charge in [0.2, 0.25) is 0 Å². The number of carbonyl (C=O) groups is 1. The second kappa shape index (κ2) is 8.46. The van der Waals surface area contributed by atoms with E-state index in [0.717, 1.165) is 65.5 Å². The van der Waals surface area contributed by atoms with Gasteiger partial charge in [0.1, 0.15) is 13.2 Å². The number of ketones is 1. The van der Waals surface area contributed by atoms with Crippen molar-refractivity contribution in [3.05, 3.63) is 47.7 Å². The fraction of sp³-hybridized carbons (Fsp3) is 0.333. The number of aromatic nitrogens is 3. The summed E-state index contributed by atoms with van der Waals surface area (Å²) in [6, 6.07) is 12.2. The molecular weight excluding hydrogens is 442 g/mol. The molecule has 0 unspecified atom stereocenters. The number of Topliss-reactive ketones (excluding diaryl/α,β-unsaturated/α-hetero) is 1. The van der Waals surface area contributed by atoms with Crippen molar-refractivity contribution in [1.29, 1.82) is 0 Å². The van der Waals surface area contributed by atoms with Crippen LogP contribution in [0.2, 0.25) is 0 Å².